The van der Waals surface area contributed by atoms with Crippen LogP contribution in [0.1, 0.15) is 64.1 Å². The highest BCUT2D eigenvalue weighted by Gasteiger charge is 2.26. The molecule has 1 aliphatic rings. The van der Waals surface area contributed by atoms with E-state index in [9.17, 15) is 13.2 Å². The number of nitrogens with one attached hydrogen (secondary N) is 1. The highest BCUT2D eigenvalue weighted by molar-refractivity contribution is 7.90. The summed E-state index contributed by atoms with van der Waals surface area (Å²) in [6.07, 6.45) is 7.58. The Hall–Kier alpha value is -3.63. The maximum atomic E-state index is 12.8. The molecule has 1 aromatic carbocycles. The van der Waals surface area contributed by atoms with Crippen LogP contribution in [0, 0.1) is 12.8 Å². The lowest BCUT2D eigenvalue weighted by Crippen LogP contribution is -2.30. The molecule has 9 nitrogen and oxygen atoms in total. The molecule has 1 N–H and O–H groups in total. The number of benzene rings is 1. The number of hydrogen-bond donors (Lipinski definition) is 1. The van der Waals surface area contributed by atoms with Gasteiger partial charge in [0.05, 0.1) is 38.8 Å². The first kappa shape index (κ1) is 30.8. The second kappa shape index (κ2) is 12.5. The van der Waals surface area contributed by atoms with Crippen LogP contribution in [0.5, 0.6) is 0 Å². The van der Waals surface area contributed by atoms with Gasteiger partial charge < -0.3 is 10.1 Å². The van der Waals surface area contributed by atoms with Crippen LogP contribution in [0.4, 0.5) is 5.95 Å². The maximum absolute atomic E-state index is 12.8. The van der Waals surface area contributed by atoms with Crippen molar-refractivity contribution in [1.29, 1.82) is 0 Å². The fourth-order valence-corrected chi connectivity index (χ4v) is 7.20. The van der Waals surface area contributed by atoms with Gasteiger partial charge in [-0.05, 0) is 95.2 Å². The Bertz CT molecular complexity index is 1730. The molecule has 5 rings (SSSR count). The molecule has 0 radical (unpaired) electrons. The summed E-state index contributed by atoms with van der Waals surface area (Å²) < 4.78 is 31.2. The van der Waals surface area contributed by atoms with E-state index >= 15 is 0 Å². The van der Waals surface area contributed by atoms with E-state index in [-0.39, 0.29) is 27.7 Å². The minimum atomic E-state index is -3.64. The number of ether oxygens (including phenoxy) is 1. The van der Waals surface area contributed by atoms with Crippen LogP contribution in [-0.2, 0) is 25.1 Å². The number of sulfone groups is 1. The number of nitrogens with zero attached hydrogens (tertiary/aromatic N) is 4. The molecule has 1 saturated carbocycles. The van der Waals surface area contributed by atoms with Gasteiger partial charge >= 0.3 is 5.97 Å². The Balaban J connectivity index is 1.22. The molecule has 4 aromatic rings. The summed E-state index contributed by atoms with van der Waals surface area (Å²) in [5.41, 5.74) is 3.78. The molecule has 3 aromatic heterocycles. The third kappa shape index (κ3) is 7.86. The van der Waals surface area contributed by atoms with Gasteiger partial charge in [0.25, 0.3) is 0 Å². The van der Waals surface area contributed by atoms with Gasteiger partial charge in [-0.15, -0.1) is 0 Å². The lowest BCUT2D eigenvalue weighted by Gasteiger charge is -2.29. The molecular formula is C32H36ClN5O4S. The number of aromatic nitrogens is 4. The lowest BCUT2D eigenvalue weighted by molar-refractivity contribution is -0.156. The molecule has 0 atom stereocenters. The first-order valence-corrected chi connectivity index (χ1v) is 16.4. The predicted octanol–water partition coefficient (Wildman–Crippen LogP) is 6.73. The van der Waals surface area contributed by atoms with Crippen molar-refractivity contribution in [3.8, 4) is 11.3 Å². The first-order valence-electron chi connectivity index (χ1n) is 14.4. The SMILES string of the molecule is Cc1cc(-c2ccc(CS(=O)(=O)c3ccccc3Cl)nc2)nc2cnc(NC3CCC(CC(=O)OC(C)(C)C)CC3)nc12. The molecule has 0 spiro atoms. The summed E-state index contributed by atoms with van der Waals surface area (Å²) in [5, 5.41) is 3.66. The topological polar surface area (TPSA) is 124 Å². The largest absolute Gasteiger partial charge is 0.460 e. The van der Waals surface area contributed by atoms with Crippen LogP contribution < -0.4 is 5.32 Å². The van der Waals surface area contributed by atoms with Gasteiger partial charge in [0.15, 0.2) is 9.84 Å². The van der Waals surface area contributed by atoms with Crippen LogP contribution in [-0.4, -0.2) is 46.0 Å². The molecule has 1 fully saturated rings. The van der Waals surface area contributed by atoms with Crippen LogP contribution in [0.25, 0.3) is 22.3 Å². The van der Waals surface area contributed by atoms with Crippen LogP contribution >= 0.6 is 11.6 Å². The molecule has 0 aliphatic heterocycles. The molecule has 11 heteroatoms. The molecule has 3 heterocycles. The number of halogens is 1. The minimum absolute atomic E-state index is 0.0918. The van der Waals surface area contributed by atoms with Crippen LogP contribution in [0.2, 0.25) is 5.02 Å². The van der Waals surface area contributed by atoms with Crippen molar-refractivity contribution < 1.29 is 17.9 Å². The van der Waals surface area contributed by atoms with Crippen molar-refractivity contribution in [2.24, 2.45) is 5.92 Å². The quantitative estimate of drug-likeness (QED) is 0.213. The number of aryl methyl sites for hydroxylation is 1. The summed E-state index contributed by atoms with van der Waals surface area (Å²) in [7, 11) is -3.64. The van der Waals surface area contributed by atoms with Gasteiger partial charge in [0.2, 0.25) is 5.95 Å². The standard InChI is InChI=1S/C32H36ClN5O4S/c1-20-15-26(22-11-14-24(34-17-22)19-43(40,41)28-8-6-5-7-25(28)33)37-27-18-35-31(38-30(20)27)36-23-12-9-21(10-13-23)16-29(39)42-32(2,3)4/h5-8,11,14-15,17-18,21,23H,9-10,12-13,16,19H2,1-4H3,(H,35,36,38). The number of fused-ring (bicyclic) bond motifs is 1. The third-order valence-electron chi connectivity index (χ3n) is 7.42. The molecule has 43 heavy (non-hydrogen) atoms. The van der Waals surface area contributed by atoms with Gasteiger partial charge in [-0.1, -0.05) is 23.7 Å². The number of esters is 1. The number of anilines is 1. The van der Waals surface area contributed by atoms with E-state index in [0.29, 0.717) is 35.2 Å². The molecule has 0 unspecified atom stereocenters. The predicted molar refractivity (Wildman–Crippen MR) is 167 cm³/mol. The van der Waals surface area contributed by atoms with Gasteiger partial charge in [-0.25, -0.2) is 23.4 Å². The summed E-state index contributed by atoms with van der Waals surface area (Å²) in [6.45, 7) is 7.65. The van der Waals surface area contributed by atoms with Crippen molar-refractivity contribution in [2.45, 2.75) is 82.1 Å². The fourth-order valence-electron chi connectivity index (χ4n) is 5.34. The van der Waals surface area contributed by atoms with Gasteiger partial charge in [-0.3, -0.25) is 9.78 Å². The smallest absolute Gasteiger partial charge is 0.306 e. The molecule has 226 valence electrons. The molecule has 0 saturated heterocycles. The average molecular weight is 622 g/mol. The number of rotatable bonds is 8. The van der Waals surface area contributed by atoms with Crippen molar-refractivity contribution >= 4 is 44.4 Å². The zero-order valence-electron chi connectivity index (χ0n) is 24.8. The fraction of sp³-hybridized carbons (Fsp3) is 0.406. The third-order valence-corrected chi connectivity index (χ3v) is 9.57. The van der Waals surface area contributed by atoms with Crippen molar-refractivity contribution in [1.82, 2.24) is 19.9 Å². The molecule has 0 bridgehead atoms. The first-order chi connectivity index (χ1) is 20.4. The van der Waals surface area contributed by atoms with E-state index in [2.05, 4.69) is 15.3 Å². The normalized spacial score (nSPS) is 17.5. The zero-order chi connectivity index (χ0) is 30.8. The van der Waals surface area contributed by atoms with Crippen molar-refractivity contribution in [3.63, 3.8) is 0 Å². The van der Waals surface area contributed by atoms with Crippen LogP contribution in [0.15, 0.2) is 59.8 Å². The molecule has 1 aliphatic carbocycles. The monoisotopic (exact) mass is 621 g/mol. The number of pyridine rings is 2. The Kier molecular flexibility index (Phi) is 8.99. The molecule has 0 amide bonds. The number of carbonyl (C=O) groups excluding carboxylic acids is 1. The molecular weight excluding hydrogens is 586 g/mol. The number of carbonyl (C=O) groups is 1. The van der Waals surface area contributed by atoms with Gasteiger partial charge in [0, 0.05) is 24.2 Å². The zero-order valence-corrected chi connectivity index (χ0v) is 26.4. The minimum Gasteiger partial charge on any atom is -0.460 e. The average Bonchev–Trinajstić information content (AvgIpc) is 2.94. The summed E-state index contributed by atoms with van der Waals surface area (Å²) in [4.78, 5) is 30.7. The Morgan fingerprint density at radius 1 is 1.02 bits per heavy atom. The van der Waals surface area contributed by atoms with Crippen molar-refractivity contribution in [3.05, 3.63) is 71.1 Å². The summed E-state index contributed by atoms with van der Waals surface area (Å²) in [6, 6.07) is 12.1. The number of hydrogen-bond acceptors (Lipinski definition) is 9. The Labute approximate surface area is 257 Å². The van der Waals surface area contributed by atoms with E-state index in [1.807, 2.05) is 39.8 Å². The van der Waals surface area contributed by atoms with Crippen LogP contribution in [0.3, 0.4) is 0 Å². The maximum Gasteiger partial charge on any atom is 0.306 e. The summed E-state index contributed by atoms with van der Waals surface area (Å²) >= 11 is 6.10. The van der Waals surface area contributed by atoms with Gasteiger partial charge in [0.1, 0.15) is 11.1 Å². The van der Waals surface area contributed by atoms with Crippen molar-refractivity contribution in [2.75, 3.05) is 5.32 Å². The second-order valence-electron chi connectivity index (χ2n) is 12.1. The van der Waals surface area contributed by atoms with E-state index in [1.165, 1.54) is 6.07 Å². The Morgan fingerprint density at radius 3 is 2.44 bits per heavy atom. The highest BCUT2D eigenvalue weighted by Crippen LogP contribution is 2.30. The lowest BCUT2D eigenvalue weighted by atomic mass is 9.84. The van der Waals surface area contributed by atoms with E-state index in [0.717, 1.165) is 42.3 Å². The van der Waals surface area contributed by atoms with E-state index < -0.39 is 15.4 Å². The van der Waals surface area contributed by atoms with Gasteiger partial charge in [-0.2, -0.15) is 0 Å². The van der Waals surface area contributed by atoms with E-state index in [1.54, 1.807) is 36.7 Å². The highest BCUT2D eigenvalue weighted by atomic mass is 35.5. The Morgan fingerprint density at radius 2 is 1.77 bits per heavy atom. The summed E-state index contributed by atoms with van der Waals surface area (Å²) in [5.74, 6) is 0.519. The van der Waals surface area contributed by atoms with E-state index in [4.69, 9.17) is 26.3 Å². The second-order valence-corrected chi connectivity index (χ2v) is 14.5.